The number of carbonyl (C=O) groups excluding carboxylic acids is 2. The zero-order valence-electron chi connectivity index (χ0n) is 15.4. The summed E-state index contributed by atoms with van der Waals surface area (Å²) in [5.74, 6) is -2.34. The first kappa shape index (κ1) is 20.0. The summed E-state index contributed by atoms with van der Waals surface area (Å²) in [5, 5.41) is 19.0. The number of aromatic hydroxyl groups is 1. The zero-order valence-corrected chi connectivity index (χ0v) is 15.4. The van der Waals surface area contributed by atoms with Crippen molar-refractivity contribution in [2.45, 2.75) is 6.92 Å². The molecule has 1 aromatic heterocycles. The summed E-state index contributed by atoms with van der Waals surface area (Å²) in [7, 11) is 0. The number of rotatable bonds is 6. The Labute approximate surface area is 165 Å². The first-order valence-electron chi connectivity index (χ1n) is 8.72. The minimum Gasteiger partial charge on any atom is -0.504 e. The van der Waals surface area contributed by atoms with Crippen LogP contribution in [0.4, 0.5) is 8.78 Å². The molecule has 0 aliphatic rings. The standard InChI is InChI=1S/C20H18F2N4O3/c1-12-2-3-13(10-16(12)22)19(28)23-8-9-24-20(29)18-17(27)11-26(25-18)15-6-4-14(21)5-7-15/h2-7,10-11,27H,8-9H2,1H3,(H,23,28)(H,24,29). The number of carbonyl (C=O) groups is 2. The summed E-state index contributed by atoms with van der Waals surface area (Å²) < 4.78 is 27.8. The van der Waals surface area contributed by atoms with Gasteiger partial charge in [-0.25, -0.2) is 13.5 Å². The fourth-order valence-electron chi connectivity index (χ4n) is 2.52. The number of aromatic nitrogens is 2. The van der Waals surface area contributed by atoms with Crippen LogP contribution in [0.1, 0.15) is 26.4 Å². The molecule has 0 saturated heterocycles. The Bertz CT molecular complexity index is 1050. The van der Waals surface area contributed by atoms with E-state index < -0.39 is 23.4 Å². The molecule has 0 fully saturated rings. The average molecular weight is 400 g/mol. The Kier molecular flexibility index (Phi) is 5.87. The minimum absolute atomic E-state index is 0.0712. The van der Waals surface area contributed by atoms with Gasteiger partial charge in [0.1, 0.15) is 11.6 Å². The van der Waals surface area contributed by atoms with Crippen molar-refractivity contribution < 1.29 is 23.5 Å². The van der Waals surface area contributed by atoms with Crippen molar-refractivity contribution in [2.75, 3.05) is 13.1 Å². The predicted octanol–water partition coefficient (Wildman–Crippen LogP) is 2.32. The van der Waals surface area contributed by atoms with Gasteiger partial charge in [-0.3, -0.25) is 9.59 Å². The molecule has 0 aliphatic heterocycles. The molecule has 3 N–H and O–H groups in total. The van der Waals surface area contributed by atoms with E-state index in [-0.39, 0.29) is 30.1 Å². The number of hydrogen-bond donors (Lipinski definition) is 3. The van der Waals surface area contributed by atoms with Crippen molar-refractivity contribution in [3.63, 3.8) is 0 Å². The number of aryl methyl sites for hydroxylation is 1. The average Bonchev–Trinajstić information content (AvgIpc) is 3.09. The third-order valence-electron chi connectivity index (χ3n) is 4.13. The second kappa shape index (κ2) is 8.51. The van der Waals surface area contributed by atoms with Gasteiger partial charge in [0, 0.05) is 18.7 Å². The van der Waals surface area contributed by atoms with E-state index in [0.717, 1.165) is 6.07 Å². The largest absolute Gasteiger partial charge is 0.504 e. The van der Waals surface area contributed by atoms with Crippen LogP contribution >= 0.6 is 0 Å². The van der Waals surface area contributed by atoms with E-state index in [1.54, 1.807) is 6.92 Å². The second-order valence-electron chi connectivity index (χ2n) is 6.26. The minimum atomic E-state index is -0.640. The first-order chi connectivity index (χ1) is 13.8. The topological polar surface area (TPSA) is 96.3 Å². The van der Waals surface area contributed by atoms with Gasteiger partial charge in [-0.15, -0.1) is 0 Å². The van der Waals surface area contributed by atoms with E-state index in [1.807, 2.05) is 0 Å². The quantitative estimate of drug-likeness (QED) is 0.554. The highest BCUT2D eigenvalue weighted by molar-refractivity contribution is 5.95. The number of benzene rings is 2. The number of hydrogen-bond acceptors (Lipinski definition) is 4. The van der Waals surface area contributed by atoms with Crippen LogP contribution in [-0.4, -0.2) is 39.8 Å². The lowest BCUT2D eigenvalue weighted by atomic mass is 10.1. The van der Waals surface area contributed by atoms with E-state index in [2.05, 4.69) is 15.7 Å². The highest BCUT2D eigenvalue weighted by Crippen LogP contribution is 2.18. The molecule has 0 bridgehead atoms. The van der Waals surface area contributed by atoms with Gasteiger partial charge >= 0.3 is 0 Å². The lowest BCUT2D eigenvalue weighted by Crippen LogP contribution is -2.35. The Hall–Kier alpha value is -3.75. The summed E-state index contributed by atoms with van der Waals surface area (Å²) in [6.07, 6.45) is 1.23. The number of amides is 2. The van der Waals surface area contributed by atoms with Gasteiger partial charge in [-0.1, -0.05) is 6.07 Å². The number of halogens is 2. The maximum Gasteiger partial charge on any atom is 0.275 e. The molecule has 0 radical (unpaired) electrons. The second-order valence-corrected chi connectivity index (χ2v) is 6.26. The molecule has 150 valence electrons. The van der Waals surface area contributed by atoms with Gasteiger partial charge in [0.15, 0.2) is 11.4 Å². The van der Waals surface area contributed by atoms with Crippen molar-refractivity contribution in [3.05, 3.63) is 77.1 Å². The highest BCUT2D eigenvalue weighted by atomic mass is 19.1. The fraction of sp³-hybridized carbons (Fsp3) is 0.150. The maximum absolute atomic E-state index is 13.5. The van der Waals surface area contributed by atoms with Crippen LogP contribution < -0.4 is 10.6 Å². The van der Waals surface area contributed by atoms with Crippen LogP contribution in [0.2, 0.25) is 0 Å². The van der Waals surface area contributed by atoms with E-state index in [4.69, 9.17) is 0 Å². The normalized spacial score (nSPS) is 10.6. The molecular weight excluding hydrogens is 382 g/mol. The Morgan fingerprint density at radius 1 is 1.03 bits per heavy atom. The number of nitrogens with zero attached hydrogens (tertiary/aromatic N) is 2. The van der Waals surface area contributed by atoms with Gasteiger partial charge in [0.2, 0.25) is 0 Å². The van der Waals surface area contributed by atoms with Gasteiger partial charge in [-0.2, -0.15) is 5.10 Å². The van der Waals surface area contributed by atoms with E-state index in [1.165, 1.54) is 47.3 Å². The summed E-state index contributed by atoms with van der Waals surface area (Å²) in [5.41, 5.74) is 0.878. The molecular formula is C20H18F2N4O3. The fourth-order valence-corrected chi connectivity index (χ4v) is 2.52. The van der Waals surface area contributed by atoms with Gasteiger partial charge in [0.05, 0.1) is 11.9 Å². The van der Waals surface area contributed by atoms with Crippen molar-refractivity contribution in [3.8, 4) is 11.4 Å². The van der Waals surface area contributed by atoms with Crippen molar-refractivity contribution in [2.24, 2.45) is 0 Å². The first-order valence-corrected chi connectivity index (χ1v) is 8.72. The van der Waals surface area contributed by atoms with E-state index >= 15 is 0 Å². The van der Waals surface area contributed by atoms with Gasteiger partial charge in [-0.05, 0) is 48.9 Å². The molecule has 0 saturated carbocycles. The SMILES string of the molecule is Cc1ccc(C(=O)NCCNC(=O)c2nn(-c3ccc(F)cc3)cc2O)cc1F. The van der Waals surface area contributed by atoms with E-state index in [9.17, 15) is 23.5 Å². The van der Waals surface area contributed by atoms with Crippen LogP contribution in [0.3, 0.4) is 0 Å². The summed E-state index contributed by atoms with van der Waals surface area (Å²) in [6, 6.07) is 9.52. The van der Waals surface area contributed by atoms with E-state index in [0.29, 0.717) is 11.3 Å². The van der Waals surface area contributed by atoms with Crippen LogP contribution in [0.25, 0.3) is 5.69 Å². The van der Waals surface area contributed by atoms with Crippen molar-refractivity contribution in [1.29, 1.82) is 0 Å². The lowest BCUT2D eigenvalue weighted by molar-refractivity contribution is 0.0923. The molecule has 2 amide bonds. The molecule has 0 atom stereocenters. The Morgan fingerprint density at radius 2 is 1.69 bits per heavy atom. The highest BCUT2D eigenvalue weighted by Gasteiger charge is 2.17. The van der Waals surface area contributed by atoms with Crippen LogP contribution in [0, 0.1) is 18.6 Å². The lowest BCUT2D eigenvalue weighted by Gasteiger charge is -2.07. The molecule has 1 heterocycles. The molecule has 0 unspecified atom stereocenters. The predicted molar refractivity (Wildman–Crippen MR) is 101 cm³/mol. The molecule has 7 nitrogen and oxygen atoms in total. The molecule has 3 rings (SSSR count). The van der Waals surface area contributed by atoms with Gasteiger partial charge in [0.25, 0.3) is 11.8 Å². The summed E-state index contributed by atoms with van der Waals surface area (Å²) in [4.78, 5) is 24.2. The van der Waals surface area contributed by atoms with Crippen LogP contribution in [-0.2, 0) is 0 Å². The molecule has 29 heavy (non-hydrogen) atoms. The monoisotopic (exact) mass is 400 g/mol. The van der Waals surface area contributed by atoms with Crippen LogP contribution in [0.5, 0.6) is 5.75 Å². The molecule has 0 spiro atoms. The number of nitrogens with one attached hydrogen (secondary N) is 2. The maximum atomic E-state index is 13.5. The van der Waals surface area contributed by atoms with Crippen LogP contribution in [0.15, 0.2) is 48.7 Å². The summed E-state index contributed by atoms with van der Waals surface area (Å²) >= 11 is 0. The Balaban J connectivity index is 1.53. The molecule has 2 aromatic carbocycles. The summed E-state index contributed by atoms with van der Waals surface area (Å²) in [6.45, 7) is 1.76. The third kappa shape index (κ3) is 4.75. The molecule has 9 heteroatoms. The zero-order chi connectivity index (χ0) is 21.0. The van der Waals surface area contributed by atoms with Gasteiger partial charge < -0.3 is 15.7 Å². The molecule has 3 aromatic rings. The van der Waals surface area contributed by atoms with Crippen molar-refractivity contribution in [1.82, 2.24) is 20.4 Å². The third-order valence-corrected chi connectivity index (χ3v) is 4.13. The Morgan fingerprint density at radius 3 is 2.34 bits per heavy atom. The van der Waals surface area contributed by atoms with Crippen molar-refractivity contribution >= 4 is 11.8 Å². The smallest absolute Gasteiger partial charge is 0.275 e. The molecule has 0 aliphatic carbocycles.